The number of hydrogen-bond donors (Lipinski definition) is 2. The highest BCUT2D eigenvalue weighted by Crippen LogP contribution is 2.34. The lowest BCUT2D eigenvalue weighted by Gasteiger charge is -2.13. The van der Waals surface area contributed by atoms with Crippen molar-refractivity contribution in [1.82, 2.24) is 5.43 Å². The fourth-order valence-corrected chi connectivity index (χ4v) is 3.71. The Hall–Kier alpha value is -2.74. The first-order valence-electron chi connectivity index (χ1n) is 10.3. The number of halogens is 3. The van der Waals surface area contributed by atoms with Gasteiger partial charge in [-0.2, -0.15) is 5.10 Å². The molecule has 34 heavy (non-hydrogen) atoms. The average molecular weight is 565 g/mol. The van der Waals surface area contributed by atoms with Crippen molar-refractivity contribution in [2.24, 2.45) is 5.10 Å². The normalized spacial score (nSPS) is 10.9. The lowest BCUT2D eigenvalue weighted by molar-refractivity contribution is -0.119. The van der Waals surface area contributed by atoms with Gasteiger partial charge in [-0.25, -0.2) is 5.43 Å². The Kier molecular flexibility index (Phi) is 9.21. The second kappa shape index (κ2) is 12.1. The molecule has 0 fully saturated rings. The predicted molar refractivity (Wildman–Crippen MR) is 142 cm³/mol. The molecule has 0 atom stereocenters. The molecule has 6 nitrogen and oxygen atoms in total. The van der Waals surface area contributed by atoms with Gasteiger partial charge in [0.2, 0.25) is 0 Å². The number of aryl methyl sites for hydroxylation is 2. The molecule has 0 unspecified atom stereocenters. The van der Waals surface area contributed by atoms with Gasteiger partial charge in [-0.1, -0.05) is 35.3 Å². The van der Waals surface area contributed by atoms with E-state index in [0.717, 1.165) is 21.3 Å². The van der Waals surface area contributed by atoms with E-state index in [-0.39, 0.29) is 19.1 Å². The van der Waals surface area contributed by atoms with Gasteiger partial charge >= 0.3 is 0 Å². The number of methoxy groups -OCH3 is 1. The van der Waals surface area contributed by atoms with Crippen molar-refractivity contribution in [3.8, 4) is 11.5 Å². The van der Waals surface area contributed by atoms with Crippen LogP contribution in [0.1, 0.15) is 22.3 Å². The summed E-state index contributed by atoms with van der Waals surface area (Å²) in [5.74, 6) is 0.797. The van der Waals surface area contributed by atoms with Crippen LogP contribution in [-0.4, -0.2) is 25.8 Å². The molecule has 2 N–H and O–H groups in total. The number of anilines is 1. The molecule has 0 bridgehead atoms. The maximum absolute atomic E-state index is 12.1. The van der Waals surface area contributed by atoms with Gasteiger partial charge in [0.15, 0.2) is 11.5 Å². The van der Waals surface area contributed by atoms with Gasteiger partial charge in [0.25, 0.3) is 5.91 Å². The molecule has 0 heterocycles. The van der Waals surface area contributed by atoms with E-state index < -0.39 is 0 Å². The highest BCUT2D eigenvalue weighted by molar-refractivity contribution is 9.10. The van der Waals surface area contributed by atoms with Crippen LogP contribution in [0.2, 0.25) is 10.0 Å². The number of ether oxygens (including phenoxy) is 2. The number of amides is 1. The molecule has 9 heteroatoms. The van der Waals surface area contributed by atoms with Gasteiger partial charge in [0, 0.05) is 15.7 Å². The lowest BCUT2D eigenvalue weighted by Crippen LogP contribution is -2.25. The number of hydrogen-bond acceptors (Lipinski definition) is 5. The topological polar surface area (TPSA) is 72.0 Å². The van der Waals surface area contributed by atoms with E-state index in [1.807, 2.05) is 38.1 Å². The summed E-state index contributed by atoms with van der Waals surface area (Å²) in [5, 5.41) is 8.08. The molecular weight excluding hydrogens is 541 g/mol. The molecule has 0 spiro atoms. The van der Waals surface area contributed by atoms with E-state index in [1.165, 1.54) is 11.8 Å². The van der Waals surface area contributed by atoms with Gasteiger partial charge in [-0.15, -0.1) is 0 Å². The van der Waals surface area contributed by atoms with Gasteiger partial charge in [0.1, 0.15) is 6.61 Å². The lowest BCUT2D eigenvalue weighted by atomic mass is 10.1. The van der Waals surface area contributed by atoms with Crippen molar-refractivity contribution in [2.45, 2.75) is 20.5 Å². The fraction of sp³-hybridized carbons (Fsp3) is 0.200. The summed E-state index contributed by atoms with van der Waals surface area (Å²) in [4.78, 5) is 12.1. The first-order chi connectivity index (χ1) is 16.3. The number of carbonyl (C=O) groups is 1. The van der Waals surface area contributed by atoms with Gasteiger partial charge < -0.3 is 14.8 Å². The molecule has 178 valence electrons. The van der Waals surface area contributed by atoms with Crippen molar-refractivity contribution in [3.05, 3.63) is 85.3 Å². The maximum atomic E-state index is 12.1. The summed E-state index contributed by atoms with van der Waals surface area (Å²) < 4.78 is 12.1. The number of benzene rings is 3. The predicted octanol–water partition coefficient (Wildman–Crippen LogP) is 6.52. The van der Waals surface area contributed by atoms with Crippen molar-refractivity contribution >= 4 is 56.9 Å². The summed E-state index contributed by atoms with van der Waals surface area (Å²) >= 11 is 15.5. The van der Waals surface area contributed by atoms with Crippen LogP contribution < -0.4 is 20.2 Å². The van der Waals surface area contributed by atoms with Crippen LogP contribution in [0.3, 0.4) is 0 Å². The minimum absolute atomic E-state index is 0.103. The van der Waals surface area contributed by atoms with Crippen LogP contribution in [0.25, 0.3) is 0 Å². The SMILES string of the molecule is COc1cc(/C=N\NC(=O)CNc2ccc(C)c(C)c2)c(Br)cc1OCc1ccc(Cl)c(Cl)c1. The summed E-state index contributed by atoms with van der Waals surface area (Å²) in [5.41, 5.74) is 7.34. The van der Waals surface area contributed by atoms with Crippen molar-refractivity contribution < 1.29 is 14.3 Å². The van der Waals surface area contributed by atoms with Crippen LogP contribution >= 0.6 is 39.1 Å². The van der Waals surface area contributed by atoms with Crippen LogP contribution in [0.5, 0.6) is 11.5 Å². The highest BCUT2D eigenvalue weighted by atomic mass is 79.9. The summed E-state index contributed by atoms with van der Waals surface area (Å²) in [7, 11) is 1.55. The van der Waals surface area contributed by atoms with Gasteiger partial charge in [-0.3, -0.25) is 4.79 Å². The molecule has 3 rings (SSSR count). The first kappa shape index (κ1) is 25.9. The van der Waals surface area contributed by atoms with Gasteiger partial charge in [-0.05, 0) is 82.9 Å². The van der Waals surface area contributed by atoms with Crippen LogP contribution in [0.4, 0.5) is 5.69 Å². The second-order valence-corrected chi connectivity index (χ2v) is 9.18. The monoisotopic (exact) mass is 563 g/mol. The van der Waals surface area contributed by atoms with Crippen molar-refractivity contribution in [1.29, 1.82) is 0 Å². The molecule has 0 radical (unpaired) electrons. The number of rotatable bonds is 9. The molecule has 0 aliphatic rings. The number of nitrogens with zero attached hydrogens (tertiary/aromatic N) is 1. The number of hydrazone groups is 1. The minimum atomic E-state index is -0.265. The molecule has 3 aromatic rings. The smallest absolute Gasteiger partial charge is 0.259 e. The third-order valence-corrected chi connectivity index (χ3v) is 6.44. The van der Waals surface area contributed by atoms with E-state index >= 15 is 0 Å². The Labute approximate surface area is 217 Å². The zero-order valence-corrected chi connectivity index (χ0v) is 22.0. The Bertz CT molecular complexity index is 1220. The van der Waals surface area contributed by atoms with Crippen LogP contribution in [0.15, 0.2) is 58.1 Å². The summed E-state index contributed by atoms with van der Waals surface area (Å²) in [6.45, 7) is 4.46. The molecule has 0 aliphatic carbocycles. The third kappa shape index (κ3) is 7.13. The maximum Gasteiger partial charge on any atom is 0.259 e. The standard InChI is InChI=1S/C25H24BrCl2N3O3/c1-15-4-6-19(8-16(15)2)29-13-25(32)31-30-12-18-10-23(33-3)24(11-20(18)26)34-14-17-5-7-21(27)22(28)9-17/h4-12,29H,13-14H2,1-3H3,(H,31,32)/b30-12-. The van der Waals surface area contributed by atoms with Crippen molar-refractivity contribution in [2.75, 3.05) is 19.0 Å². The Balaban J connectivity index is 1.58. The molecule has 3 aromatic carbocycles. The van der Waals surface area contributed by atoms with E-state index in [1.54, 1.807) is 31.4 Å². The largest absolute Gasteiger partial charge is 0.493 e. The molecule has 0 saturated heterocycles. The minimum Gasteiger partial charge on any atom is -0.493 e. The molecule has 0 saturated carbocycles. The molecule has 0 aliphatic heterocycles. The van der Waals surface area contributed by atoms with E-state index in [0.29, 0.717) is 27.1 Å². The van der Waals surface area contributed by atoms with E-state index in [4.69, 9.17) is 32.7 Å². The fourth-order valence-electron chi connectivity index (χ4n) is 2.96. The molecular formula is C25H24BrCl2N3O3. The van der Waals surface area contributed by atoms with E-state index in [9.17, 15) is 4.79 Å². The van der Waals surface area contributed by atoms with Crippen LogP contribution in [0, 0.1) is 13.8 Å². The Morgan fingerprint density at radius 1 is 1.03 bits per heavy atom. The first-order valence-corrected chi connectivity index (χ1v) is 11.9. The number of nitrogens with one attached hydrogen (secondary N) is 2. The Morgan fingerprint density at radius 3 is 2.53 bits per heavy atom. The third-order valence-electron chi connectivity index (χ3n) is 5.01. The molecule has 1 amide bonds. The zero-order valence-electron chi connectivity index (χ0n) is 18.9. The quantitative estimate of drug-likeness (QED) is 0.229. The molecule has 0 aromatic heterocycles. The second-order valence-electron chi connectivity index (χ2n) is 7.51. The summed E-state index contributed by atoms with van der Waals surface area (Å²) in [6.07, 6.45) is 1.53. The zero-order chi connectivity index (χ0) is 24.7. The summed E-state index contributed by atoms with van der Waals surface area (Å²) in [6, 6.07) is 14.8. The van der Waals surface area contributed by atoms with E-state index in [2.05, 4.69) is 31.8 Å². The number of carbonyl (C=O) groups excluding carboxylic acids is 1. The Morgan fingerprint density at radius 2 is 1.82 bits per heavy atom. The van der Waals surface area contributed by atoms with Gasteiger partial charge in [0.05, 0.1) is 29.9 Å². The average Bonchev–Trinajstić information content (AvgIpc) is 2.81. The van der Waals surface area contributed by atoms with Crippen molar-refractivity contribution in [3.63, 3.8) is 0 Å². The highest BCUT2D eigenvalue weighted by Gasteiger charge is 2.11. The van der Waals surface area contributed by atoms with Crippen LogP contribution in [-0.2, 0) is 11.4 Å².